The van der Waals surface area contributed by atoms with E-state index in [-0.39, 0.29) is 4.83 Å². The SMILES string of the molecule is OOC(c1ccccc1)C(Br)c1ccccc1. The third-order valence-corrected chi connectivity index (χ3v) is 3.63. The molecule has 0 aliphatic heterocycles. The highest BCUT2D eigenvalue weighted by Gasteiger charge is 2.23. The Kier molecular flexibility index (Phi) is 4.31. The van der Waals surface area contributed by atoms with Gasteiger partial charge in [0.25, 0.3) is 0 Å². The first-order valence-corrected chi connectivity index (χ1v) is 6.28. The molecule has 2 aromatic carbocycles. The van der Waals surface area contributed by atoms with Crippen LogP contribution in [0.1, 0.15) is 22.1 Å². The molecule has 0 spiro atoms. The van der Waals surface area contributed by atoms with Gasteiger partial charge in [-0.25, -0.2) is 4.89 Å². The summed E-state index contributed by atoms with van der Waals surface area (Å²) in [7, 11) is 0. The number of hydrogen-bond donors (Lipinski definition) is 1. The summed E-state index contributed by atoms with van der Waals surface area (Å²) >= 11 is 3.56. The highest BCUT2D eigenvalue weighted by atomic mass is 79.9. The number of halogens is 1. The first kappa shape index (κ1) is 12.3. The van der Waals surface area contributed by atoms with Crippen LogP contribution in [0.25, 0.3) is 0 Å². The third-order valence-electron chi connectivity index (χ3n) is 2.63. The van der Waals surface area contributed by atoms with Crippen molar-refractivity contribution in [3.8, 4) is 0 Å². The molecule has 0 heterocycles. The Hall–Kier alpha value is -1.16. The Balaban J connectivity index is 2.25. The minimum absolute atomic E-state index is 0.0869. The fourth-order valence-electron chi connectivity index (χ4n) is 1.74. The standard InChI is InChI=1S/C14H13BrO2/c15-13(11-7-3-1-4-8-11)14(17-16)12-9-5-2-6-10-12/h1-10,13-14,16H. The quantitative estimate of drug-likeness (QED) is 0.516. The molecule has 0 radical (unpaired) electrons. The second-order valence-electron chi connectivity index (χ2n) is 3.75. The van der Waals surface area contributed by atoms with Crippen LogP contribution >= 0.6 is 15.9 Å². The second-order valence-corrected chi connectivity index (χ2v) is 4.74. The molecule has 2 unspecified atom stereocenters. The molecule has 0 fully saturated rings. The van der Waals surface area contributed by atoms with Gasteiger partial charge in [0.15, 0.2) is 0 Å². The predicted molar refractivity (Wildman–Crippen MR) is 71.0 cm³/mol. The minimum Gasteiger partial charge on any atom is -0.251 e. The summed E-state index contributed by atoms with van der Waals surface area (Å²) in [5.74, 6) is 0. The fraction of sp³-hybridized carbons (Fsp3) is 0.143. The Labute approximate surface area is 109 Å². The van der Waals surface area contributed by atoms with Gasteiger partial charge in [0, 0.05) is 0 Å². The van der Waals surface area contributed by atoms with Crippen LogP contribution in [0.2, 0.25) is 0 Å². The lowest BCUT2D eigenvalue weighted by Crippen LogP contribution is -2.08. The molecular weight excluding hydrogens is 280 g/mol. The van der Waals surface area contributed by atoms with Crippen molar-refractivity contribution < 1.29 is 10.1 Å². The molecule has 0 saturated heterocycles. The maximum absolute atomic E-state index is 9.08. The molecule has 0 amide bonds. The number of alkyl halides is 1. The molecule has 0 aliphatic rings. The largest absolute Gasteiger partial charge is 0.251 e. The van der Waals surface area contributed by atoms with Crippen molar-refractivity contribution in [2.45, 2.75) is 10.9 Å². The van der Waals surface area contributed by atoms with Crippen molar-refractivity contribution in [1.29, 1.82) is 0 Å². The van der Waals surface area contributed by atoms with Gasteiger partial charge in [-0.15, -0.1) is 0 Å². The molecule has 88 valence electrons. The van der Waals surface area contributed by atoms with Gasteiger partial charge in [0.05, 0.1) is 4.83 Å². The summed E-state index contributed by atoms with van der Waals surface area (Å²) < 4.78 is 0. The van der Waals surface area contributed by atoms with Crippen LogP contribution in [0.5, 0.6) is 0 Å². The molecule has 1 N–H and O–H groups in total. The first-order valence-electron chi connectivity index (χ1n) is 5.37. The average Bonchev–Trinajstić information content (AvgIpc) is 2.42. The van der Waals surface area contributed by atoms with Gasteiger partial charge in [-0.1, -0.05) is 76.6 Å². The number of benzene rings is 2. The number of rotatable bonds is 4. The Morgan fingerprint density at radius 1 is 0.824 bits per heavy atom. The average molecular weight is 293 g/mol. The van der Waals surface area contributed by atoms with E-state index < -0.39 is 6.10 Å². The lowest BCUT2D eigenvalue weighted by atomic mass is 10.0. The summed E-state index contributed by atoms with van der Waals surface area (Å²) in [6.45, 7) is 0. The van der Waals surface area contributed by atoms with Crippen LogP contribution in [0.15, 0.2) is 60.7 Å². The monoisotopic (exact) mass is 292 g/mol. The van der Waals surface area contributed by atoms with Gasteiger partial charge in [-0.05, 0) is 11.1 Å². The highest BCUT2D eigenvalue weighted by Crippen LogP contribution is 2.37. The van der Waals surface area contributed by atoms with Crippen LogP contribution in [0.3, 0.4) is 0 Å². The van der Waals surface area contributed by atoms with Crippen molar-refractivity contribution in [3.05, 3.63) is 71.8 Å². The van der Waals surface area contributed by atoms with Crippen molar-refractivity contribution in [2.75, 3.05) is 0 Å². The van der Waals surface area contributed by atoms with Crippen molar-refractivity contribution in [1.82, 2.24) is 0 Å². The first-order chi connectivity index (χ1) is 8.33. The van der Waals surface area contributed by atoms with Crippen LogP contribution < -0.4 is 0 Å². The van der Waals surface area contributed by atoms with Gasteiger partial charge in [-0.2, -0.15) is 0 Å². The molecule has 0 aromatic heterocycles. The number of hydrogen-bond acceptors (Lipinski definition) is 2. The topological polar surface area (TPSA) is 29.5 Å². The van der Waals surface area contributed by atoms with Crippen LogP contribution in [-0.2, 0) is 4.89 Å². The molecule has 2 nitrogen and oxygen atoms in total. The molecule has 0 saturated carbocycles. The van der Waals surface area contributed by atoms with E-state index in [0.717, 1.165) is 11.1 Å². The van der Waals surface area contributed by atoms with Crippen molar-refractivity contribution >= 4 is 15.9 Å². The van der Waals surface area contributed by atoms with E-state index in [0.29, 0.717) is 0 Å². The fourth-order valence-corrected chi connectivity index (χ4v) is 2.44. The normalized spacial score (nSPS) is 14.2. The summed E-state index contributed by atoms with van der Waals surface area (Å²) in [6, 6.07) is 19.5. The molecule has 2 aromatic rings. The van der Waals surface area contributed by atoms with E-state index in [1.54, 1.807) is 0 Å². The Morgan fingerprint density at radius 2 is 1.29 bits per heavy atom. The van der Waals surface area contributed by atoms with Crippen molar-refractivity contribution in [2.24, 2.45) is 0 Å². The summed E-state index contributed by atoms with van der Waals surface area (Å²) in [6.07, 6.45) is -0.418. The molecule has 3 heteroatoms. The molecule has 2 atom stereocenters. The van der Waals surface area contributed by atoms with Gasteiger partial charge in [0.2, 0.25) is 0 Å². The minimum atomic E-state index is -0.418. The van der Waals surface area contributed by atoms with Gasteiger partial charge in [-0.3, -0.25) is 5.26 Å². The lowest BCUT2D eigenvalue weighted by Gasteiger charge is -2.20. The van der Waals surface area contributed by atoms with E-state index in [2.05, 4.69) is 20.8 Å². The van der Waals surface area contributed by atoms with Crippen molar-refractivity contribution in [3.63, 3.8) is 0 Å². The lowest BCUT2D eigenvalue weighted by molar-refractivity contribution is -0.281. The zero-order valence-corrected chi connectivity index (χ0v) is 10.7. The maximum atomic E-state index is 9.08. The molecule has 0 bridgehead atoms. The predicted octanol–water partition coefficient (Wildman–Crippen LogP) is 4.35. The summed E-state index contributed by atoms with van der Waals surface area (Å²) in [5.41, 5.74) is 2.00. The van der Waals surface area contributed by atoms with Gasteiger partial charge in [0.1, 0.15) is 6.10 Å². The van der Waals surface area contributed by atoms with Gasteiger partial charge >= 0.3 is 0 Å². The molecule has 17 heavy (non-hydrogen) atoms. The third kappa shape index (κ3) is 2.94. The van der Waals surface area contributed by atoms with E-state index in [1.165, 1.54) is 0 Å². The highest BCUT2D eigenvalue weighted by molar-refractivity contribution is 9.09. The van der Waals surface area contributed by atoms with Gasteiger partial charge < -0.3 is 0 Å². The van der Waals surface area contributed by atoms with Crippen LogP contribution in [0, 0.1) is 0 Å². The molecule has 2 rings (SSSR count). The van der Waals surface area contributed by atoms with Crippen LogP contribution in [-0.4, -0.2) is 5.26 Å². The van der Waals surface area contributed by atoms with E-state index in [4.69, 9.17) is 5.26 Å². The molecule has 0 aliphatic carbocycles. The van der Waals surface area contributed by atoms with E-state index in [1.807, 2.05) is 60.7 Å². The van der Waals surface area contributed by atoms with Crippen LogP contribution in [0.4, 0.5) is 0 Å². The smallest absolute Gasteiger partial charge is 0.134 e. The van der Waals surface area contributed by atoms with E-state index >= 15 is 0 Å². The Bertz CT molecular complexity index is 444. The maximum Gasteiger partial charge on any atom is 0.134 e. The molecular formula is C14H13BrO2. The summed E-state index contributed by atoms with van der Waals surface area (Å²) in [5, 5.41) is 9.08. The zero-order chi connectivity index (χ0) is 12.1. The Morgan fingerprint density at radius 3 is 1.76 bits per heavy atom. The van der Waals surface area contributed by atoms with E-state index in [9.17, 15) is 0 Å². The summed E-state index contributed by atoms with van der Waals surface area (Å²) in [4.78, 5) is 4.52. The second kappa shape index (κ2) is 5.96. The zero-order valence-electron chi connectivity index (χ0n) is 9.16.